The summed E-state index contributed by atoms with van der Waals surface area (Å²) in [5, 5.41) is 27.8. The number of rotatable bonds is 12. The minimum absolute atomic E-state index is 0.0105. The largest absolute Gasteiger partial charge is 0.492 e. The minimum Gasteiger partial charge on any atom is -0.492 e. The van der Waals surface area contributed by atoms with E-state index in [1.165, 1.54) is 41.7 Å². The zero-order chi connectivity index (χ0) is 47.6. The number of pyridine rings is 2. The number of halogens is 2. The zero-order valence-corrected chi connectivity index (χ0v) is 38.2. The van der Waals surface area contributed by atoms with E-state index in [4.69, 9.17) is 24.7 Å². The van der Waals surface area contributed by atoms with E-state index in [1.807, 2.05) is 0 Å². The molecule has 348 valence electrons. The predicted molar refractivity (Wildman–Crippen MR) is 256 cm³/mol. The molecule has 0 saturated carbocycles. The third kappa shape index (κ3) is 11.8. The molecule has 2 saturated heterocycles. The third-order valence-electron chi connectivity index (χ3n) is 11.5. The average molecular weight is 939 g/mol. The highest BCUT2D eigenvalue weighted by Crippen LogP contribution is 2.36. The number of fused-ring (bicyclic) bond motifs is 2. The summed E-state index contributed by atoms with van der Waals surface area (Å²) in [6.45, 7) is 5.25. The Morgan fingerprint density at radius 1 is 0.721 bits per heavy atom. The molecule has 0 spiro atoms. The van der Waals surface area contributed by atoms with E-state index in [1.54, 1.807) is 66.4 Å². The number of nitrogens with zero attached hydrogens (tertiary/aromatic N) is 7. The van der Waals surface area contributed by atoms with E-state index >= 15 is 0 Å². The molecule has 4 aromatic carbocycles. The smallest absolute Gasteiger partial charge is 0.325 e. The highest BCUT2D eigenvalue weighted by Gasteiger charge is 2.21. The van der Waals surface area contributed by atoms with Gasteiger partial charge in [-0.1, -0.05) is 0 Å². The van der Waals surface area contributed by atoms with Crippen molar-refractivity contribution in [2.24, 2.45) is 11.8 Å². The number of thiazole rings is 1. The first-order valence-electron chi connectivity index (χ1n) is 22.0. The summed E-state index contributed by atoms with van der Waals surface area (Å²) in [5.41, 5.74) is 7.58. The third-order valence-corrected chi connectivity index (χ3v) is 12.2. The van der Waals surface area contributed by atoms with E-state index in [-0.39, 0.29) is 17.1 Å². The Morgan fingerprint density at radius 2 is 1.26 bits per heavy atom. The van der Waals surface area contributed by atoms with Gasteiger partial charge in [-0.15, -0.1) is 11.3 Å². The summed E-state index contributed by atoms with van der Waals surface area (Å²) in [6, 6.07) is 22.4. The fourth-order valence-corrected chi connectivity index (χ4v) is 8.67. The Hall–Kier alpha value is -7.64. The molecular weight excluding hydrogens is 891 g/mol. The molecule has 18 heteroatoms. The van der Waals surface area contributed by atoms with Crippen molar-refractivity contribution in [1.82, 2.24) is 24.8 Å². The second kappa shape index (κ2) is 21.8. The van der Waals surface area contributed by atoms with Gasteiger partial charge in [-0.3, -0.25) is 15.3 Å². The van der Waals surface area contributed by atoms with Crippen molar-refractivity contribution < 1.29 is 32.5 Å². The van der Waals surface area contributed by atoms with Crippen LogP contribution in [-0.2, 0) is 0 Å². The van der Waals surface area contributed by atoms with Crippen molar-refractivity contribution >= 4 is 55.7 Å². The molecule has 5 heterocycles. The first-order chi connectivity index (χ1) is 33.0. The van der Waals surface area contributed by atoms with Crippen molar-refractivity contribution in [2.45, 2.75) is 25.7 Å². The Balaban J connectivity index is 0.000000189. The van der Waals surface area contributed by atoms with Crippen LogP contribution in [0.25, 0.3) is 21.8 Å². The standard InChI is InChI=1S/C27H25FN6O3S.C23H23FN4O2/c1-34-9-2-3-17(15-34)16-36-25-13-23-20(11-18(25)14-29)24(6-7-30-23)37-19-4-5-22(21(28)12-19)32-26(35)33-27-31-8-10-38-27;1-28-8-2-3-15(13-28)14-29-23-11-21-18(9-16(23)12-25)22(6-7-27-21)30-17-4-5-20(26)19(24)10-17/h4-8,10-13,17H,2-3,9,15-16H2,1H3,(H2,31,32,33,35);4-7,9-11,15H,2-3,8,13-14,26H2,1H3. The number of nitriles is 2. The maximum Gasteiger partial charge on any atom is 0.325 e. The number of carbonyl (C=O) groups is 1. The number of piperidine rings is 2. The maximum absolute atomic E-state index is 14.7. The molecule has 4 N–H and O–H groups in total. The molecule has 2 unspecified atom stereocenters. The molecule has 2 atom stereocenters. The lowest BCUT2D eigenvalue weighted by Crippen LogP contribution is -2.34. The number of aromatic nitrogens is 3. The summed E-state index contributed by atoms with van der Waals surface area (Å²) in [6.07, 6.45) is 9.25. The van der Waals surface area contributed by atoms with Crippen LogP contribution >= 0.6 is 11.3 Å². The molecule has 2 aliphatic rings. The van der Waals surface area contributed by atoms with Crippen molar-refractivity contribution in [3.05, 3.63) is 120 Å². The lowest BCUT2D eigenvalue weighted by Gasteiger charge is -2.29. The monoisotopic (exact) mass is 938 g/mol. The van der Waals surface area contributed by atoms with Gasteiger partial charge in [0.05, 0.1) is 46.7 Å². The number of nitrogen functional groups attached to an aromatic ring is 1. The van der Waals surface area contributed by atoms with Crippen LogP contribution in [0.5, 0.6) is 34.5 Å². The number of hydrogen-bond donors (Lipinski definition) is 3. The summed E-state index contributed by atoms with van der Waals surface area (Å²) in [7, 11) is 4.21. The van der Waals surface area contributed by atoms with E-state index in [0.717, 1.165) is 51.9 Å². The first kappa shape index (κ1) is 46.9. The van der Waals surface area contributed by atoms with Gasteiger partial charge in [-0.2, -0.15) is 10.5 Å². The van der Waals surface area contributed by atoms with Crippen LogP contribution < -0.4 is 35.3 Å². The Morgan fingerprint density at radius 3 is 1.75 bits per heavy atom. The van der Waals surface area contributed by atoms with Gasteiger partial charge in [0.15, 0.2) is 5.13 Å². The second-order valence-corrected chi connectivity index (χ2v) is 17.6. The number of nitrogens with one attached hydrogen (secondary N) is 2. The van der Waals surface area contributed by atoms with Gasteiger partial charge in [0.1, 0.15) is 58.3 Å². The number of ether oxygens (including phenoxy) is 4. The Bertz CT molecular complexity index is 3000. The van der Waals surface area contributed by atoms with E-state index < -0.39 is 17.7 Å². The van der Waals surface area contributed by atoms with Gasteiger partial charge in [-0.25, -0.2) is 18.6 Å². The van der Waals surface area contributed by atoms with Crippen molar-refractivity contribution in [3.8, 4) is 46.6 Å². The molecule has 15 nitrogen and oxygen atoms in total. The fourth-order valence-electron chi connectivity index (χ4n) is 8.14. The van der Waals surface area contributed by atoms with Crippen LogP contribution in [-0.4, -0.2) is 84.3 Å². The van der Waals surface area contributed by atoms with Gasteiger partial charge in [-0.05, 0) is 101 Å². The molecule has 0 bridgehead atoms. The normalized spacial score (nSPS) is 16.1. The quantitative estimate of drug-likeness (QED) is 0.0980. The van der Waals surface area contributed by atoms with E-state index in [2.05, 4.69) is 61.6 Å². The van der Waals surface area contributed by atoms with Gasteiger partial charge in [0.2, 0.25) is 0 Å². The molecule has 0 aliphatic carbocycles. The number of benzene rings is 4. The van der Waals surface area contributed by atoms with Crippen LogP contribution in [0.15, 0.2) is 96.8 Å². The maximum atomic E-state index is 14.7. The second-order valence-electron chi connectivity index (χ2n) is 16.7. The summed E-state index contributed by atoms with van der Waals surface area (Å²) >= 11 is 1.25. The average Bonchev–Trinajstić information content (AvgIpc) is 3.85. The molecular formula is C50H48F2N10O5S. The fraction of sp³-hybridized carbons (Fsp3) is 0.280. The highest BCUT2D eigenvalue weighted by atomic mass is 32.1. The number of likely N-dealkylation sites (tertiary alicyclic amines) is 2. The molecule has 2 aliphatic heterocycles. The predicted octanol–water partition coefficient (Wildman–Crippen LogP) is 10.2. The van der Waals surface area contributed by atoms with Crippen molar-refractivity contribution in [3.63, 3.8) is 0 Å². The zero-order valence-electron chi connectivity index (χ0n) is 37.4. The SMILES string of the molecule is CN1CCCC(COc2cc3nccc(Oc4ccc(N)c(F)c4)c3cc2C#N)C1.CN1CCCC(COc2cc3nccc(Oc4ccc(NC(=O)Nc5nccs5)c(F)c4)c3cc2C#N)C1. The lowest BCUT2D eigenvalue weighted by atomic mass is 9.99. The topological polar surface area (TPSA) is 197 Å². The van der Waals surface area contributed by atoms with Crippen LogP contribution in [0.2, 0.25) is 0 Å². The summed E-state index contributed by atoms with van der Waals surface area (Å²) in [5.74, 6) is 2.05. The van der Waals surface area contributed by atoms with Crippen LogP contribution in [0, 0.1) is 46.1 Å². The molecule has 0 radical (unpaired) electrons. The Labute approximate surface area is 395 Å². The first-order valence-corrected chi connectivity index (χ1v) is 22.9. The summed E-state index contributed by atoms with van der Waals surface area (Å²) in [4.78, 5) is 29.4. The number of nitrogens with two attached hydrogens (primary N) is 1. The number of urea groups is 1. The summed E-state index contributed by atoms with van der Waals surface area (Å²) < 4.78 is 52.3. The number of hydrogen-bond acceptors (Lipinski definition) is 14. The van der Waals surface area contributed by atoms with Gasteiger partial charge in [0, 0.05) is 83.9 Å². The minimum atomic E-state index is -0.670. The number of amides is 2. The highest BCUT2D eigenvalue weighted by molar-refractivity contribution is 7.13. The van der Waals surface area contributed by atoms with Gasteiger partial charge in [0.25, 0.3) is 0 Å². The molecule has 7 aromatic rings. The van der Waals surface area contributed by atoms with Gasteiger partial charge >= 0.3 is 6.03 Å². The van der Waals surface area contributed by atoms with Gasteiger partial charge < -0.3 is 39.8 Å². The molecule has 68 heavy (non-hydrogen) atoms. The molecule has 9 rings (SSSR count). The van der Waals surface area contributed by atoms with E-state index in [9.17, 15) is 24.1 Å². The van der Waals surface area contributed by atoms with Crippen LogP contribution in [0.4, 0.5) is 30.1 Å². The molecule has 2 amide bonds. The molecule has 2 fully saturated rings. The van der Waals surface area contributed by atoms with Crippen LogP contribution in [0.1, 0.15) is 36.8 Å². The molecule has 3 aromatic heterocycles. The number of anilines is 3. The van der Waals surface area contributed by atoms with Crippen molar-refractivity contribution in [1.29, 1.82) is 10.5 Å². The van der Waals surface area contributed by atoms with Crippen LogP contribution in [0.3, 0.4) is 0 Å². The Kier molecular flexibility index (Phi) is 15.0. The lowest BCUT2D eigenvalue weighted by molar-refractivity contribution is 0.150. The number of carbonyl (C=O) groups excluding carboxylic acids is 1. The van der Waals surface area contributed by atoms with E-state index in [0.29, 0.717) is 91.9 Å². The van der Waals surface area contributed by atoms with Crippen molar-refractivity contribution in [2.75, 3.05) is 69.9 Å².